The van der Waals surface area contributed by atoms with Gasteiger partial charge in [0, 0.05) is 19.0 Å². The fourth-order valence-electron chi connectivity index (χ4n) is 1.81. The Balaban J connectivity index is 2.17. The van der Waals surface area contributed by atoms with Gasteiger partial charge in [-0.3, -0.25) is 10.1 Å². The molecule has 1 amide bonds. The topological polar surface area (TPSA) is 32.3 Å². The van der Waals surface area contributed by atoms with Gasteiger partial charge in [0.2, 0.25) is 5.91 Å². The molecule has 3 heteroatoms. The highest BCUT2D eigenvalue weighted by atomic mass is 16.2. The summed E-state index contributed by atoms with van der Waals surface area (Å²) < 4.78 is 0. The Hall–Kier alpha value is -0.570. The van der Waals surface area contributed by atoms with Gasteiger partial charge >= 0.3 is 0 Å². The predicted octanol–water partition coefficient (Wildman–Crippen LogP) is -0.216. The number of hydrogen-bond acceptors (Lipinski definition) is 2. The monoisotopic (exact) mass is 140 g/mol. The number of nitrogens with zero attached hydrogens (tertiary/aromatic N) is 1. The zero-order valence-corrected chi connectivity index (χ0v) is 6.13. The van der Waals surface area contributed by atoms with E-state index in [1.165, 1.54) is 0 Å². The van der Waals surface area contributed by atoms with Gasteiger partial charge in [-0.2, -0.15) is 0 Å². The third-order valence-electron chi connectivity index (χ3n) is 2.39. The van der Waals surface area contributed by atoms with Crippen LogP contribution in [0.3, 0.4) is 0 Å². The highest BCUT2D eigenvalue weighted by Crippen LogP contribution is 2.24. The first-order chi connectivity index (χ1) is 4.79. The molecule has 0 radical (unpaired) electrons. The largest absolute Gasteiger partial charge is 0.326 e. The van der Waals surface area contributed by atoms with E-state index in [2.05, 4.69) is 5.32 Å². The second kappa shape index (κ2) is 1.95. The van der Waals surface area contributed by atoms with Crippen molar-refractivity contribution in [2.45, 2.75) is 19.5 Å². The summed E-state index contributed by atoms with van der Waals surface area (Å²) >= 11 is 0. The zero-order valence-electron chi connectivity index (χ0n) is 6.13. The van der Waals surface area contributed by atoms with E-state index in [1.54, 1.807) is 0 Å². The van der Waals surface area contributed by atoms with Crippen molar-refractivity contribution in [3.05, 3.63) is 0 Å². The zero-order chi connectivity index (χ0) is 7.14. The Morgan fingerprint density at radius 3 is 3.20 bits per heavy atom. The van der Waals surface area contributed by atoms with Crippen LogP contribution >= 0.6 is 0 Å². The molecule has 2 aliphatic rings. The molecule has 0 spiro atoms. The molecule has 0 aromatic rings. The van der Waals surface area contributed by atoms with Gasteiger partial charge in [-0.25, -0.2) is 0 Å². The molecule has 2 atom stereocenters. The van der Waals surface area contributed by atoms with Gasteiger partial charge in [-0.15, -0.1) is 0 Å². The number of hydrogen-bond donors (Lipinski definition) is 1. The molecule has 0 saturated carbocycles. The van der Waals surface area contributed by atoms with Crippen LogP contribution in [0, 0.1) is 5.92 Å². The second-order valence-electron chi connectivity index (χ2n) is 3.14. The van der Waals surface area contributed by atoms with Crippen LogP contribution in [-0.4, -0.2) is 30.1 Å². The van der Waals surface area contributed by atoms with Crippen LogP contribution in [0.5, 0.6) is 0 Å². The molecule has 0 aromatic carbocycles. The number of nitrogens with one attached hydrogen (secondary N) is 1. The summed E-state index contributed by atoms with van der Waals surface area (Å²) in [6.07, 6.45) is 1.36. The van der Waals surface area contributed by atoms with E-state index in [-0.39, 0.29) is 5.92 Å². The summed E-state index contributed by atoms with van der Waals surface area (Å²) in [7, 11) is 0. The van der Waals surface area contributed by atoms with Crippen molar-refractivity contribution in [3.63, 3.8) is 0 Å². The minimum absolute atomic E-state index is 0.248. The lowest BCUT2D eigenvalue weighted by Crippen LogP contribution is -2.31. The minimum atomic E-state index is 0.248. The Bertz CT molecular complexity index is 169. The van der Waals surface area contributed by atoms with E-state index in [9.17, 15) is 4.79 Å². The van der Waals surface area contributed by atoms with Crippen LogP contribution in [0.1, 0.15) is 13.3 Å². The van der Waals surface area contributed by atoms with Gasteiger partial charge < -0.3 is 4.90 Å². The minimum Gasteiger partial charge on any atom is -0.326 e. The molecular formula is C7H12N2O. The quantitative estimate of drug-likeness (QED) is 0.504. The summed E-state index contributed by atoms with van der Waals surface area (Å²) in [4.78, 5) is 13.2. The third-order valence-corrected chi connectivity index (χ3v) is 2.39. The molecule has 3 nitrogen and oxygen atoms in total. The van der Waals surface area contributed by atoms with Gasteiger partial charge in [0.05, 0.1) is 6.17 Å². The van der Waals surface area contributed by atoms with Crippen LogP contribution in [0.15, 0.2) is 0 Å². The van der Waals surface area contributed by atoms with Gasteiger partial charge in [0.1, 0.15) is 0 Å². The lowest BCUT2D eigenvalue weighted by atomic mass is 10.1. The van der Waals surface area contributed by atoms with Crippen LogP contribution in [-0.2, 0) is 4.79 Å². The standard InChI is InChI=1S/C7H12N2O/c1-5-4-6-8-2-3-9(6)7(5)10/h5-6,8H,2-4H2,1H3. The predicted molar refractivity (Wildman–Crippen MR) is 37.3 cm³/mol. The Morgan fingerprint density at radius 2 is 2.50 bits per heavy atom. The maximum atomic E-state index is 11.3. The summed E-state index contributed by atoms with van der Waals surface area (Å²) in [5.74, 6) is 0.577. The van der Waals surface area contributed by atoms with Gasteiger partial charge in [-0.1, -0.05) is 6.92 Å². The molecule has 0 bridgehead atoms. The smallest absolute Gasteiger partial charge is 0.226 e. The molecule has 2 aliphatic heterocycles. The number of amides is 1. The van der Waals surface area contributed by atoms with E-state index >= 15 is 0 Å². The Kier molecular flexibility index (Phi) is 1.20. The summed E-state index contributed by atoms with van der Waals surface area (Å²) in [5, 5.41) is 3.28. The van der Waals surface area contributed by atoms with Crippen molar-refractivity contribution < 1.29 is 4.79 Å². The Morgan fingerprint density at radius 1 is 1.70 bits per heavy atom. The van der Waals surface area contributed by atoms with E-state index in [0.717, 1.165) is 19.5 Å². The maximum absolute atomic E-state index is 11.3. The molecule has 2 heterocycles. The summed E-state index contributed by atoms with van der Waals surface area (Å²) in [6, 6.07) is 0. The first-order valence-electron chi connectivity index (χ1n) is 3.83. The number of carbonyl (C=O) groups excluding carboxylic acids is 1. The van der Waals surface area contributed by atoms with Gasteiger partial charge in [-0.05, 0) is 6.42 Å². The SMILES string of the molecule is CC1CC2NCCN2C1=O. The van der Waals surface area contributed by atoms with Crippen molar-refractivity contribution in [3.8, 4) is 0 Å². The maximum Gasteiger partial charge on any atom is 0.226 e. The van der Waals surface area contributed by atoms with Crippen molar-refractivity contribution in [2.75, 3.05) is 13.1 Å². The van der Waals surface area contributed by atoms with Crippen molar-refractivity contribution in [1.82, 2.24) is 10.2 Å². The molecule has 2 unspecified atom stereocenters. The first kappa shape index (κ1) is 6.16. The highest BCUT2D eigenvalue weighted by molar-refractivity contribution is 5.81. The molecule has 2 rings (SSSR count). The number of fused-ring (bicyclic) bond motifs is 1. The van der Waals surface area contributed by atoms with E-state index in [1.807, 2.05) is 11.8 Å². The van der Waals surface area contributed by atoms with Crippen molar-refractivity contribution in [2.24, 2.45) is 5.92 Å². The van der Waals surface area contributed by atoms with Gasteiger partial charge in [0.25, 0.3) is 0 Å². The molecule has 2 saturated heterocycles. The fourth-order valence-corrected chi connectivity index (χ4v) is 1.81. The van der Waals surface area contributed by atoms with Crippen LogP contribution in [0.4, 0.5) is 0 Å². The van der Waals surface area contributed by atoms with Crippen molar-refractivity contribution >= 4 is 5.91 Å². The summed E-state index contributed by atoms with van der Waals surface area (Å²) in [6.45, 7) is 3.89. The normalized spacial score (nSPS) is 38.9. The number of rotatable bonds is 0. The van der Waals surface area contributed by atoms with Crippen LogP contribution in [0.2, 0.25) is 0 Å². The molecule has 0 aliphatic carbocycles. The average Bonchev–Trinajstić information content (AvgIpc) is 2.41. The van der Waals surface area contributed by atoms with Crippen LogP contribution in [0.25, 0.3) is 0 Å². The molecule has 0 aromatic heterocycles. The van der Waals surface area contributed by atoms with Crippen molar-refractivity contribution in [1.29, 1.82) is 0 Å². The second-order valence-corrected chi connectivity index (χ2v) is 3.14. The lowest BCUT2D eigenvalue weighted by molar-refractivity contribution is -0.130. The van der Waals surface area contributed by atoms with Crippen LogP contribution < -0.4 is 5.32 Å². The molecule has 2 fully saturated rings. The van der Waals surface area contributed by atoms with E-state index in [0.29, 0.717) is 12.1 Å². The first-order valence-corrected chi connectivity index (χ1v) is 3.83. The molecule has 10 heavy (non-hydrogen) atoms. The third kappa shape index (κ3) is 0.669. The summed E-state index contributed by atoms with van der Waals surface area (Å²) in [5.41, 5.74) is 0. The average molecular weight is 140 g/mol. The highest BCUT2D eigenvalue weighted by Gasteiger charge is 2.38. The van der Waals surface area contributed by atoms with E-state index in [4.69, 9.17) is 0 Å². The molecular weight excluding hydrogens is 128 g/mol. The lowest BCUT2D eigenvalue weighted by Gasteiger charge is -2.12. The Labute approximate surface area is 60.4 Å². The van der Waals surface area contributed by atoms with E-state index < -0.39 is 0 Å². The fraction of sp³-hybridized carbons (Fsp3) is 0.857. The van der Waals surface area contributed by atoms with Gasteiger partial charge in [0.15, 0.2) is 0 Å². The number of carbonyl (C=O) groups is 1. The molecule has 56 valence electrons. The molecule has 1 N–H and O–H groups in total.